The smallest absolute Gasteiger partial charge is 0.121 e. The molecule has 0 bridgehead atoms. The van der Waals surface area contributed by atoms with Crippen molar-refractivity contribution in [3.63, 3.8) is 0 Å². The Kier molecular flexibility index (Phi) is 2.95. The number of methoxy groups -OCH3 is 1. The number of rotatable bonds is 2. The molecule has 0 spiro atoms. The van der Waals surface area contributed by atoms with Crippen LogP contribution in [0.2, 0.25) is 0 Å². The van der Waals surface area contributed by atoms with Crippen molar-refractivity contribution < 1.29 is 4.74 Å². The topological polar surface area (TPSA) is 38.5 Å². The van der Waals surface area contributed by atoms with Crippen LogP contribution in [-0.2, 0) is 0 Å². The zero-order valence-electron chi connectivity index (χ0n) is 10.2. The molecule has 2 atom stereocenters. The first-order chi connectivity index (χ1) is 7.61. The van der Waals surface area contributed by atoms with Crippen molar-refractivity contribution in [2.45, 2.75) is 26.3 Å². The highest BCUT2D eigenvalue weighted by molar-refractivity contribution is 5.70. The standard InChI is InChI=1S/C13H20N2O/c1-9-6-10(2)15(8-9)13-5-4-11(16-3)7-12(13)14/h4-5,7,9-10H,6,8,14H2,1-3H3. The zero-order chi connectivity index (χ0) is 11.7. The molecule has 1 aliphatic heterocycles. The van der Waals surface area contributed by atoms with Crippen LogP contribution in [0.1, 0.15) is 20.3 Å². The van der Waals surface area contributed by atoms with E-state index in [0.717, 1.165) is 29.6 Å². The highest BCUT2D eigenvalue weighted by atomic mass is 16.5. The van der Waals surface area contributed by atoms with Gasteiger partial charge in [-0.05, 0) is 31.4 Å². The highest BCUT2D eigenvalue weighted by Gasteiger charge is 2.27. The third-order valence-electron chi connectivity index (χ3n) is 3.33. The first kappa shape index (κ1) is 11.1. The Morgan fingerprint density at radius 3 is 2.62 bits per heavy atom. The van der Waals surface area contributed by atoms with Crippen molar-refractivity contribution in [1.82, 2.24) is 0 Å². The second-order valence-corrected chi connectivity index (χ2v) is 4.77. The largest absolute Gasteiger partial charge is 0.497 e. The van der Waals surface area contributed by atoms with E-state index in [0.29, 0.717) is 6.04 Å². The first-order valence-corrected chi connectivity index (χ1v) is 5.82. The quantitative estimate of drug-likeness (QED) is 0.778. The number of hydrogen-bond donors (Lipinski definition) is 1. The molecule has 0 saturated carbocycles. The van der Waals surface area contributed by atoms with E-state index in [1.54, 1.807) is 7.11 Å². The Morgan fingerprint density at radius 1 is 1.38 bits per heavy atom. The molecular weight excluding hydrogens is 200 g/mol. The van der Waals surface area contributed by atoms with Crippen LogP contribution in [0.15, 0.2) is 18.2 Å². The molecule has 2 N–H and O–H groups in total. The van der Waals surface area contributed by atoms with Gasteiger partial charge in [-0.15, -0.1) is 0 Å². The lowest BCUT2D eigenvalue weighted by molar-refractivity contribution is 0.415. The zero-order valence-corrected chi connectivity index (χ0v) is 10.2. The number of benzene rings is 1. The Balaban J connectivity index is 2.27. The molecular formula is C13H20N2O. The molecule has 0 radical (unpaired) electrons. The average molecular weight is 220 g/mol. The van der Waals surface area contributed by atoms with Crippen molar-refractivity contribution in [3.8, 4) is 5.75 Å². The fraction of sp³-hybridized carbons (Fsp3) is 0.538. The van der Waals surface area contributed by atoms with Crippen LogP contribution in [0.3, 0.4) is 0 Å². The minimum absolute atomic E-state index is 0.575. The van der Waals surface area contributed by atoms with E-state index in [-0.39, 0.29) is 0 Å². The van der Waals surface area contributed by atoms with Crippen molar-refractivity contribution in [1.29, 1.82) is 0 Å². The summed E-state index contributed by atoms with van der Waals surface area (Å²) in [5, 5.41) is 0. The first-order valence-electron chi connectivity index (χ1n) is 5.82. The van der Waals surface area contributed by atoms with Crippen LogP contribution < -0.4 is 15.4 Å². The summed E-state index contributed by atoms with van der Waals surface area (Å²) < 4.78 is 5.16. The number of hydrogen-bond acceptors (Lipinski definition) is 3. The summed E-state index contributed by atoms with van der Waals surface area (Å²) in [5.41, 5.74) is 8.01. The van der Waals surface area contributed by atoms with E-state index in [1.807, 2.05) is 12.1 Å². The molecule has 3 nitrogen and oxygen atoms in total. The third kappa shape index (κ3) is 1.94. The summed E-state index contributed by atoms with van der Waals surface area (Å²) in [7, 11) is 1.66. The minimum Gasteiger partial charge on any atom is -0.497 e. The molecule has 1 aliphatic rings. The molecule has 2 unspecified atom stereocenters. The van der Waals surface area contributed by atoms with E-state index in [2.05, 4.69) is 24.8 Å². The predicted octanol–water partition coefficient (Wildman–Crippen LogP) is 2.51. The van der Waals surface area contributed by atoms with Gasteiger partial charge in [-0.25, -0.2) is 0 Å². The average Bonchev–Trinajstić information content (AvgIpc) is 2.57. The molecule has 0 aliphatic carbocycles. The van der Waals surface area contributed by atoms with E-state index in [4.69, 9.17) is 10.5 Å². The lowest BCUT2D eigenvalue weighted by Crippen LogP contribution is -2.27. The second kappa shape index (κ2) is 4.24. The van der Waals surface area contributed by atoms with Crippen LogP contribution in [0.4, 0.5) is 11.4 Å². The molecule has 1 heterocycles. The molecule has 88 valence electrons. The Bertz CT molecular complexity index is 378. The Morgan fingerprint density at radius 2 is 2.12 bits per heavy atom. The van der Waals surface area contributed by atoms with Gasteiger partial charge >= 0.3 is 0 Å². The number of nitrogens with two attached hydrogens (primary N) is 1. The van der Waals surface area contributed by atoms with Crippen LogP contribution >= 0.6 is 0 Å². The maximum absolute atomic E-state index is 6.06. The van der Waals surface area contributed by atoms with Gasteiger partial charge in [0, 0.05) is 18.7 Å². The monoisotopic (exact) mass is 220 g/mol. The van der Waals surface area contributed by atoms with Crippen LogP contribution in [0.5, 0.6) is 5.75 Å². The maximum atomic E-state index is 6.06. The molecule has 0 amide bonds. The lowest BCUT2D eigenvalue weighted by Gasteiger charge is -2.25. The summed E-state index contributed by atoms with van der Waals surface area (Å²) >= 11 is 0. The normalized spacial score (nSPS) is 24.8. The Labute approximate surface area is 97.2 Å². The summed E-state index contributed by atoms with van der Waals surface area (Å²) in [6.45, 7) is 5.64. The molecule has 1 fully saturated rings. The summed E-state index contributed by atoms with van der Waals surface area (Å²) in [6, 6.07) is 6.50. The van der Waals surface area contributed by atoms with Crippen molar-refractivity contribution in [2.24, 2.45) is 5.92 Å². The summed E-state index contributed by atoms with van der Waals surface area (Å²) in [6.07, 6.45) is 1.24. The molecule has 1 aromatic rings. The van der Waals surface area contributed by atoms with Gasteiger partial charge < -0.3 is 15.4 Å². The fourth-order valence-corrected chi connectivity index (χ4v) is 2.56. The third-order valence-corrected chi connectivity index (χ3v) is 3.33. The summed E-state index contributed by atoms with van der Waals surface area (Å²) in [4.78, 5) is 2.39. The van der Waals surface area contributed by atoms with E-state index < -0.39 is 0 Å². The molecule has 0 aromatic heterocycles. The van der Waals surface area contributed by atoms with E-state index in [1.165, 1.54) is 6.42 Å². The van der Waals surface area contributed by atoms with Crippen molar-refractivity contribution in [3.05, 3.63) is 18.2 Å². The fourth-order valence-electron chi connectivity index (χ4n) is 2.56. The molecule has 16 heavy (non-hydrogen) atoms. The van der Waals surface area contributed by atoms with Crippen LogP contribution in [0, 0.1) is 5.92 Å². The summed E-state index contributed by atoms with van der Waals surface area (Å²) in [5.74, 6) is 1.57. The molecule has 2 rings (SSSR count). The Hall–Kier alpha value is -1.38. The van der Waals surface area contributed by atoms with E-state index in [9.17, 15) is 0 Å². The lowest BCUT2D eigenvalue weighted by atomic mass is 10.1. The maximum Gasteiger partial charge on any atom is 0.121 e. The van der Waals surface area contributed by atoms with Gasteiger partial charge in [0.1, 0.15) is 5.75 Å². The molecule has 1 aromatic carbocycles. The minimum atomic E-state index is 0.575. The van der Waals surface area contributed by atoms with Gasteiger partial charge in [0.05, 0.1) is 18.5 Å². The van der Waals surface area contributed by atoms with Gasteiger partial charge in [0.25, 0.3) is 0 Å². The van der Waals surface area contributed by atoms with Gasteiger partial charge in [-0.1, -0.05) is 6.92 Å². The number of nitrogen functional groups attached to an aromatic ring is 1. The van der Waals surface area contributed by atoms with Crippen molar-refractivity contribution in [2.75, 3.05) is 24.3 Å². The van der Waals surface area contributed by atoms with Crippen molar-refractivity contribution >= 4 is 11.4 Å². The molecule has 1 saturated heterocycles. The van der Waals surface area contributed by atoms with Crippen LogP contribution in [0.25, 0.3) is 0 Å². The number of nitrogens with zero attached hydrogens (tertiary/aromatic N) is 1. The highest BCUT2D eigenvalue weighted by Crippen LogP contribution is 2.34. The number of ether oxygens (including phenoxy) is 1. The van der Waals surface area contributed by atoms with Gasteiger partial charge in [0.2, 0.25) is 0 Å². The SMILES string of the molecule is COc1ccc(N2CC(C)CC2C)c(N)c1. The number of anilines is 2. The molecule has 3 heteroatoms. The van der Waals surface area contributed by atoms with Gasteiger partial charge in [0.15, 0.2) is 0 Å². The van der Waals surface area contributed by atoms with Gasteiger partial charge in [-0.3, -0.25) is 0 Å². The van der Waals surface area contributed by atoms with Gasteiger partial charge in [-0.2, -0.15) is 0 Å². The second-order valence-electron chi connectivity index (χ2n) is 4.77. The predicted molar refractivity (Wildman–Crippen MR) is 68.0 cm³/mol. The van der Waals surface area contributed by atoms with E-state index >= 15 is 0 Å². The van der Waals surface area contributed by atoms with Crippen LogP contribution in [-0.4, -0.2) is 19.7 Å².